The van der Waals surface area contributed by atoms with Crippen molar-refractivity contribution >= 4 is 65.0 Å². The Balaban J connectivity index is 1.25. The van der Waals surface area contributed by atoms with Crippen LogP contribution in [0, 0.1) is 0 Å². The first-order valence-corrected chi connectivity index (χ1v) is 17.9. The SMILES string of the molecule is c1ccc(-c2ccc3c4ccc(-n5c6ccccc6c6ccc7c(-c8ccccc8)cn(-c8ccccc8)c7c65)cc4c4ccccc4c3c2)cc1. The monoisotopic (exact) mass is 660 g/mol. The van der Waals surface area contributed by atoms with Gasteiger partial charge in [-0.2, -0.15) is 0 Å². The van der Waals surface area contributed by atoms with Gasteiger partial charge in [-0.15, -0.1) is 0 Å². The minimum atomic E-state index is 1.14. The Bertz CT molecular complexity index is 3130. The average Bonchev–Trinajstić information content (AvgIpc) is 3.78. The van der Waals surface area contributed by atoms with Crippen LogP contribution in [0.15, 0.2) is 194 Å². The standard InChI is InChI=1S/C50H32N2/c1-4-14-33(15-5-1)35-24-26-40-41-27-25-37(31-46(41)39-21-11-10-20-38(39)45(40)30-35)52-48-23-13-12-22-42(48)43-28-29-44-47(34-16-6-2-7-17-34)32-51(49(44)50(43)52)36-18-8-3-9-19-36/h1-32H. The van der Waals surface area contributed by atoms with Crippen molar-refractivity contribution in [2.24, 2.45) is 0 Å². The van der Waals surface area contributed by atoms with Gasteiger partial charge in [-0.25, -0.2) is 0 Å². The van der Waals surface area contributed by atoms with E-state index in [9.17, 15) is 0 Å². The molecule has 242 valence electrons. The largest absolute Gasteiger partial charge is 0.314 e. The maximum absolute atomic E-state index is 2.50. The van der Waals surface area contributed by atoms with Crippen LogP contribution in [0.25, 0.3) is 98.7 Å². The number of nitrogens with zero attached hydrogens (tertiary/aromatic N) is 2. The molecular formula is C50H32N2. The van der Waals surface area contributed by atoms with Gasteiger partial charge in [0.2, 0.25) is 0 Å². The van der Waals surface area contributed by atoms with Crippen molar-refractivity contribution in [3.8, 4) is 33.6 Å². The summed E-state index contributed by atoms with van der Waals surface area (Å²) in [6, 6.07) is 68.6. The molecular weight excluding hydrogens is 629 g/mol. The topological polar surface area (TPSA) is 9.86 Å². The molecule has 0 N–H and O–H groups in total. The zero-order chi connectivity index (χ0) is 34.2. The van der Waals surface area contributed by atoms with Crippen molar-refractivity contribution in [1.82, 2.24) is 9.13 Å². The van der Waals surface area contributed by atoms with Crippen LogP contribution in [-0.4, -0.2) is 9.13 Å². The molecule has 0 aliphatic heterocycles. The molecule has 0 aliphatic rings. The van der Waals surface area contributed by atoms with E-state index in [1.165, 1.54) is 87.3 Å². The number of hydrogen-bond donors (Lipinski definition) is 0. The Morgan fingerprint density at radius 1 is 0.288 bits per heavy atom. The molecule has 0 fully saturated rings. The zero-order valence-electron chi connectivity index (χ0n) is 28.4. The van der Waals surface area contributed by atoms with Gasteiger partial charge in [0.15, 0.2) is 0 Å². The van der Waals surface area contributed by atoms with E-state index in [1.54, 1.807) is 0 Å². The zero-order valence-corrected chi connectivity index (χ0v) is 28.4. The minimum absolute atomic E-state index is 1.14. The minimum Gasteiger partial charge on any atom is -0.314 e. The molecule has 2 heteroatoms. The second-order valence-electron chi connectivity index (χ2n) is 13.7. The van der Waals surface area contributed by atoms with E-state index in [1.807, 2.05) is 0 Å². The maximum atomic E-state index is 2.50. The summed E-state index contributed by atoms with van der Waals surface area (Å²) in [5.74, 6) is 0. The van der Waals surface area contributed by atoms with Gasteiger partial charge in [-0.1, -0.05) is 152 Å². The molecule has 9 aromatic carbocycles. The van der Waals surface area contributed by atoms with Crippen LogP contribution >= 0.6 is 0 Å². The lowest BCUT2D eigenvalue weighted by atomic mass is 9.92. The molecule has 0 saturated carbocycles. The fourth-order valence-electron chi connectivity index (χ4n) is 8.57. The normalized spacial score (nSPS) is 11.8. The first-order chi connectivity index (χ1) is 25.8. The third-order valence-corrected chi connectivity index (χ3v) is 10.9. The fourth-order valence-corrected chi connectivity index (χ4v) is 8.57. The van der Waals surface area contributed by atoms with Crippen molar-refractivity contribution in [1.29, 1.82) is 0 Å². The predicted molar refractivity (Wildman–Crippen MR) is 221 cm³/mol. The first kappa shape index (κ1) is 28.9. The molecule has 2 aromatic heterocycles. The Labute approximate surface area is 301 Å². The second-order valence-corrected chi connectivity index (χ2v) is 13.7. The van der Waals surface area contributed by atoms with Gasteiger partial charge in [0.1, 0.15) is 0 Å². The fraction of sp³-hybridized carbons (Fsp3) is 0. The Morgan fingerprint density at radius 3 is 1.56 bits per heavy atom. The lowest BCUT2D eigenvalue weighted by molar-refractivity contribution is 1.12. The third-order valence-electron chi connectivity index (χ3n) is 10.9. The summed E-state index contributed by atoms with van der Waals surface area (Å²) in [5.41, 5.74) is 10.8. The number of hydrogen-bond acceptors (Lipinski definition) is 0. The number of aromatic nitrogens is 2. The summed E-state index contributed by atoms with van der Waals surface area (Å²) >= 11 is 0. The van der Waals surface area contributed by atoms with Gasteiger partial charge in [-0.05, 0) is 85.4 Å². The average molecular weight is 661 g/mol. The van der Waals surface area contributed by atoms with Gasteiger partial charge in [-0.3, -0.25) is 0 Å². The Morgan fingerprint density at radius 2 is 0.827 bits per heavy atom. The number of fused-ring (bicyclic) bond motifs is 11. The molecule has 0 unspecified atom stereocenters. The molecule has 0 radical (unpaired) electrons. The molecule has 0 atom stereocenters. The lowest BCUT2D eigenvalue weighted by Gasteiger charge is -2.15. The van der Waals surface area contributed by atoms with Gasteiger partial charge in [0.25, 0.3) is 0 Å². The molecule has 11 aromatic rings. The maximum Gasteiger partial charge on any atom is 0.0788 e. The van der Waals surface area contributed by atoms with Crippen molar-refractivity contribution in [2.75, 3.05) is 0 Å². The third kappa shape index (κ3) is 4.25. The lowest BCUT2D eigenvalue weighted by Crippen LogP contribution is -1.98. The molecule has 2 nitrogen and oxygen atoms in total. The molecule has 11 rings (SSSR count). The van der Waals surface area contributed by atoms with E-state index in [-0.39, 0.29) is 0 Å². The number of benzene rings is 9. The predicted octanol–water partition coefficient (Wildman–Crippen LogP) is 13.5. The van der Waals surface area contributed by atoms with E-state index in [0.29, 0.717) is 0 Å². The summed E-state index contributed by atoms with van der Waals surface area (Å²) in [4.78, 5) is 0. The molecule has 0 amide bonds. The van der Waals surface area contributed by atoms with Crippen molar-refractivity contribution in [2.45, 2.75) is 0 Å². The van der Waals surface area contributed by atoms with Crippen LogP contribution in [0.5, 0.6) is 0 Å². The highest BCUT2D eigenvalue weighted by atomic mass is 15.0. The van der Waals surface area contributed by atoms with Gasteiger partial charge in [0.05, 0.1) is 16.6 Å². The Kier molecular flexibility index (Phi) is 6.28. The van der Waals surface area contributed by atoms with E-state index in [2.05, 4.69) is 203 Å². The summed E-state index contributed by atoms with van der Waals surface area (Å²) in [7, 11) is 0. The van der Waals surface area contributed by atoms with E-state index in [0.717, 1.165) is 11.4 Å². The summed E-state index contributed by atoms with van der Waals surface area (Å²) < 4.78 is 4.89. The molecule has 0 saturated heterocycles. The van der Waals surface area contributed by atoms with Gasteiger partial charge < -0.3 is 9.13 Å². The van der Waals surface area contributed by atoms with Crippen LogP contribution < -0.4 is 0 Å². The van der Waals surface area contributed by atoms with Crippen LogP contribution in [0.1, 0.15) is 0 Å². The first-order valence-electron chi connectivity index (χ1n) is 17.9. The van der Waals surface area contributed by atoms with Crippen molar-refractivity contribution in [3.05, 3.63) is 194 Å². The van der Waals surface area contributed by atoms with Crippen molar-refractivity contribution < 1.29 is 0 Å². The number of rotatable bonds is 4. The smallest absolute Gasteiger partial charge is 0.0788 e. The summed E-state index contributed by atoms with van der Waals surface area (Å²) in [6.07, 6.45) is 2.32. The second kappa shape index (κ2) is 11.3. The van der Waals surface area contributed by atoms with Crippen LogP contribution in [0.2, 0.25) is 0 Å². The molecule has 0 bridgehead atoms. The molecule has 0 aliphatic carbocycles. The van der Waals surface area contributed by atoms with E-state index < -0.39 is 0 Å². The van der Waals surface area contributed by atoms with Crippen molar-refractivity contribution in [3.63, 3.8) is 0 Å². The van der Waals surface area contributed by atoms with Crippen LogP contribution in [-0.2, 0) is 0 Å². The van der Waals surface area contributed by atoms with Crippen LogP contribution in [0.4, 0.5) is 0 Å². The van der Waals surface area contributed by atoms with Gasteiger partial charge in [0, 0.05) is 39.3 Å². The van der Waals surface area contributed by atoms with E-state index in [4.69, 9.17) is 0 Å². The van der Waals surface area contributed by atoms with Crippen LogP contribution in [0.3, 0.4) is 0 Å². The summed E-state index contributed by atoms with van der Waals surface area (Å²) in [5, 5.41) is 11.3. The molecule has 0 spiro atoms. The molecule has 52 heavy (non-hydrogen) atoms. The summed E-state index contributed by atoms with van der Waals surface area (Å²) in [6.45, 7) is 0. The highest BCUT2D eigenvalue weighted by molar-refractivity contribution is 6.26. The molecule has 2 heterocycles. The number of para-hydroxylation sites is 2. The highest BCUT2D eigenvalue weighted by Gasteiger charge is 2.21. The van der Waals surface area contributed by atoms with Gasteiger partial charge >= 0.3 is 0 Å². The van der Waals surface area contributed by atoms with E-state index >= 15 is 0 Å². The Hall–Kier alpha value is -6.90. The highest BCUT2D eigenvalue weighted by Crippen LogP contribution is 2.43. The quantitative estimate of drug-likeness (QED) is 0.166.